The van der Waals surface area contributed by atoms with E-state index in [1.807, 2.05) is 44.0 Å². The van der Waals surface area contributed by atoms with Crippen molar-refractivity contribution >= 4 is 11.7 Å². The highest BCUT2D eigenvalue weighted by Gasteiger charge is 2.47. The Morgan fingerprint density at radius 1 is 1.30 bits per heavy atom. The number of anilines is 1. The van der Waals surface area contributed by atoms with Gasteiger partial charge in [0.05, 0.1) is 18.7 Å². The van der Waals surface area contributed by atoms with E-state index < -0.39 is 0 Å². The molecule has 1 aromatic heterocycles. The van der Waals surface area contributed by atoms with Crippen molar-refractivity contribution in [2.45, 2.75) is 38.4 Å². The maximum Gasteiger partial charge on any atom is 0.318 e. The average Bonchev–Trinajstić information content (AvgIpc) is 3.18. The second kappa shape index (κ2) is 8.37. The molecular formula is C24H28N4O2. The number of benzene rings is 1. The second-order valence-corrected chi connectivity index (χ2v) is 8.32. The summed E-state index contributed by atoms with van der Waals surface area (Å²) in [6.45, 7) is 4.69. The van der Waals surface area contributed by atoms with Crippen LogP contribution in [0.25, 0.3) is 0 Å². The number of aliphatic hydroxyl groups excluding tert-OH is 1. The van der Waals surface area contributed by atoms with Crippen molar-refractivity contribution in [1.82, 2.24) is 15.2 Å². The van der Waals surface area contributed by atoms with Crippen LogP contribution >= 0.6 is 0 Å². The zero-order chi connectivity index (χ0) is 21.3. The Bertz CT molecular complexity index is 980. The molecule has 2 aliphatic rings. The summed E-state index contributed by atoms with van der Waals surface area (Å²) in [4.78, 5) is 21.1. The number of aromatic nitrogens is 1. The van der Waals surface area contributed by atoms with Gasteiger partial charge < -0.3 is 20.2 Å². The molecule has 3 heterocycles. The molecule has 2 aromatic rings. The standard InChI is InChI=1S/C24H28N4O2/c1-16(2)26-24(30)28-12-10-19-22(15-29)27(3)21-9-8-17(13-20(21)23(19)28)6-7-18-5-4-11-25-14-18/h4-5,8-9,11,13-14,16,19,22-23,29H,10,12,15H2,1-3H3,(H,26,30)/t19-,22+,23-/m0/s1. The van der Waals surface area contributed by atoms with Crippen LogP contribution in [0.2, 0.25) is 0 Å². The monoisotopic (exact) mass is 404 g/mol. The van der Waals surface area contributed by atoms with E-state index in [2.05, 4.69) is 39.2 Å². The van der Waals surface area contributed by atoms with Gasteiger partial charge >= 0.3 is 6.03 Å². The van der Waals surface area contributed by atoms with Gasteiger partial charge in [-0.3, -0.25) is 4.98 Å². The summed E-state index contributed by atoms with van der Waals surface area (Å²) in [5.74, 6) is 6.58. The Morgan fingerprint density at radius 2 is 2.10 bits per heavy atom. The molecule has 3 atom stereocenters. The number of nitrogens with zero attached hydrogens (tertiary/aromatic N) is 3. The minimum atomic E-state index is -0.0627. The van der Waals surface area contributed by atoms with Crippen molar-refractivity contribution in [3.63, 3.8) is 0 Å². The van der Waals surface area contributed by atoms with Crippen molar-refractivity contribution < 1.29 is 9.90 Å². The topological polar surface area (TPSA) is 68.7 Å². The van der Waals surface area contributed by atoms with Crippen molar-refractivity contribution in [2.75, 3.05) is 25.1 Å². The maximum atomic E-state index is 12.9. The van der Waals surface area contributed by atoms with Gasteiger partial charge in [-0.25, -0.2) is 4.79 Å². The van der Waals surface area contributed by atoms with Gasteiger partial charge in [0.2, 0.25) is 0 Å². The maximum absolute atomic E-state index is 12.9. The number of rotatable bonds is 2. The largest absolute Gasteiger partial charge is 0.394 e. The first kappa shape index (κ1) is 20.2. The van der Waals surface area contributed by atoms with E-state index in [1.54, 1.807) is 12.4 Å². The molecule has 0 unspecified atom stereocenters. The smallest absolute Gasteiger partial charge is 0.318 e. The van der Waals surface area contributed by atoms with Crippen molar-refractivity contribution in [1.29, 1.82) is 0 Å². The van der Waals surface area contributed by atoms with Crippen molar-refractivity contribution in [3.8, 4) is 11.8 Å². The third-order valence-corrected chi connectivity index (χ3v) is 6.04. The van der Waals surface area contributed by atoms with Crippen LogP contribution in [-0.4, -0.2) is 53.3 Å². The molecule has 0 saturated carbocycles. The van der Waals surface area contributed by atoms with E-state index in [-0.39, 0.29) is 36.7 Å². The fraction of sp³-hybridized carbons (Fsp3) is 0.417. The van der Waals surface area contributed by atoms with Gasteiger partial charge in [-0.2, -0.15) is 0 Å². The minimum Gasteiger partial charge on any atom is -0.394 e. The Morgan fingerprint density at radius 3 is 2.80 bits per heavy atom. The van der Waals surface area contributed by atoms with Crippen LogP contribution in [0.1, 0.15) is 43.0 Å². The van der Waals surface area contributed by atoms with Gasteiger partial charge in [0, 0.05) is 54.8 Å². The number of urea groups is 1. The van der Waals surface area contributed by atoms with E-state index in [1.165, 1.54) is 0 Å². The predicted molar refractivity (Wildman–Crippen MR) is 117 cm³/mol. The lowest BCUT2D eigenvalue weighted by Crippen LogP contribution is -2.50. The SMILES string of the molecule is CC(C)NC(=O)N1CC[C@@H]2[C@H]1c1cc(C#Cc3cccnc3)ccc1N(C)[C@@H]2CO. The zero-order valence-corrected chi connectivity index (χ0v) is 17.7. The second-order valence-electron chi connectivity index (χ2n) is 8.32. The number of nitrogens with one attached hydrogen (secondary N) is 1. The quantitative estimate of drug-likeness (QED) is 0.756. The van der Waals surface area contributed by atoms with Crippen molar-refractivity contribution in [3.05, 3.63) is 59.4 Å². The van der Waals surface area contributed by atoms with Crippen LogP contribution in [0.4, 0.5) is 10.5 Å². The van der Waals surface area contributed by atoms with Gasteiger partial charge in [-0.15, -0.1) is 0 Å². The van der Waals surface area contributed by atoms with E-state index in [0.717, 1.165) is 28.8 Å². The van der Waals surface area contributed by atoms with Crippen LogP contribution in [0.15, 0.2) is 42.7 Å². The number of hydrogen-bond acceptors (Lipinski definition) is 4. The van der Waals surface area contributed by atoms with Crippen LogP contribution < -0.4 is 10.2 Å². The molecule has 1 aromatic carbocycles. The van der Waals surface area contributed by atoms with E-state index in [9.17, 15) is 9.90 Å². The summed E-state index contributed by atoms with van der Waals surface area (Å²) in [5.41, 5.74) is 3.92. The van der Waals surface area contributed by atoms with E-state index >= 15 is 0 Å². The highest BCUT2D eigenvalue weighted by Crippen LogP contribution is 2.48. The average molecular weight is 405 g/mol. The number of aliphatic hydroxyl groups is 1. The first-order valence-corrected chi connectivity index (χ1v) is 10.5. The van der Waals surface area contributed by atoms with Gasteiger partial charge in [-0.1, -0.05) is 11.8 Å². The Kier molecular flexibility index (Phi) is 5.65. The summed E-state index contributed by atoms with van der Waals surface area (Å²) >= 11 is 0. The minimum absolute atomic E-state index is 0.00771. The Hall–Kier alpha value is -3.04. The number of pyridine rings is 1. The summed E-state index contributed by atoms with van der Waals surface area (Å²) in [7, 11) is 2.02. The van der Waals surface area contributed by atoms with E-state index in [4.69, 9.17) is 0 Å². The number of carbonyl (C=O) groups is 1. The van der Waals surface area contributed by atoms with Crippen LogP contribution in [0.5, 0.6) is 0 Å². The molecule has 6 heteroatoms. The third kappa shape index (κ3) is 3.73. The fourth-order valence-corrected chi connectivity index (χ4v) is 4.67. The highest BCUT2D eigenvalue weighted by molar-refractivity contribution is 5.76. The first-order valence-electron chi connectivity index (χ1n) is 10.5. The molecule has 0 spiro atoms. The van der Waals surface area contributed by atoms with E-state index in [0.29, 0.717) is 6.54 Å². The molecule has 2 aliphatic heterocycles. The van der Waals surface area contributed by atoms with Crippen LogP contribution in [0, 0.1) is 17.8 Å². The molecule has 4 rings (SSSR count). The number of hydrogen-bond donors (Lipinski definition) is 2. The van der Waals surface area contributed by atoms with Crippen LogP contribution in [0.3, 0.4) is 0 Å². The summed E-state index contributed by atoms with van der Waals surface area (Å²) in [6, 6.07) is 9.92. The Labute approximate surface area is 177 Å². The molecule has 0 aliphatic carbocycles. The molecule has 30 heavy (non-hydrogen) atoms. The molecule has 1 fully saturated rings. The summed E-state index contributed by atoms with van der Waals surface area (Å²) in [6.07, 6.45) is 4.35. The fourth-order valence-electron chi connectivity index (χ4n) is 4.67. The van der Waals surface area contributed by atoms with Crippen LogP contribution in [-0.2, 0) is 0 Å². The molecule has 6 nitrogen and oxygen atoms in total. The number of amides is 2. The number of carbonyl (C=O) groups excluding carboxylic acids is 1. The van der Waals surface area contributed by atoms with Gasteiger partial charge in [0.1, 0.15) is 0 Å². The zero-order valence-electron chi connectivity index (χ0n) is 17.7. The Balaban J connectivity index is 1.73. The molecule has 156 valence electrons. The number of likely N-dealkylation sites (tertiary alicyclic amines) is 1. The summed E-state index contributed by atoms with van der Waals surface area (Å²) < 4.78 is 0. The normalized spacial score (nSPS) is 22.2. The third-order valence-electron chi connectivity index (χ3n) is 6.04. The molecule has 1 saturated heterocycles. The summed E-state index contributed by atoms with van der Waals surface area (Å²) in [5, 5.41) is 13.1. The lowest BCUT2D eigenvalue weighted by atomic mass is 9.81. The highest BCUT2D eigenvalue weighted by atomic mass is 16.3. The van der Waals surface area contributed by atoms with Gasteiger partial charge in [-0.05, 0) is 56.2 Å². The van der Waals surface area contributed by atoms with Gasteiger partial charge in [0.15, 0.2) is 0 Å². The van der Waals surface area contributed by atoms with Crippen molar-refractivity contribution in [2.24, 2.45) is 5.92 Å². The first-order chi connectivity index (χ1) is 14.5. The molecule has 2 amide bonds. The number of fused-ring (bicyclic) bond motifs is 3. The molecule has 0 bridgehead atoms. The number of likely N-dealkylation sites (N-methyl/N-ethyl adjacent to an activating group) is 1. The lowest BCUT2D eigenvalue weighted by Gasteiger charge is -2.44. The lowest BCUT2D eigenvalue weighted by molar-refractivity contribution is 0.159. The molecule has 0 radical (unpaired) electrons. The predicted octanol–water partition coefficient (Wildman–Crippen LogP) is 2.77. The molecular weight excluding hydrogens is 376 g/mol. The van der Waals surface area contributed by atoms with Gasteiger partial charge in [0.25, 0.3) is 0 Å². The molecule has 2 N–H and O–H groups in total.